The van der Waals surface area contributed by atoms with Crippen LogP contribution < -0.4 is 26.6 Å². The fraction of sp³-hybridized carbons (Fsp3) is 0.0263. The number of nitrogens with one attached hydrogen (secondary N) is 1. The Morgan fingerprint density at radius 3 is 2.28 bits per heavy atom. The average molecular weight is 553 g/mol. The molecule has 6 aromatic carbocycles. The first-order valence-electron chi connectivity index (χ1n) is 14.4. The van der Waals surface area contributed by atoms with E-state index in [9.17, 15) is 4.39 Å². The molecule has 43 heavy (non-hydrogen) atoms. The first-order valence-corrected chi connectivity index (χ1v) is 14.4. The van der Waals surface area contributed by atoms with E-state index >= 15 is 0 Å². The molecule has 0 fully saturated rings. The third kappa shape index (κ3) is 3.88. The summed E-state index contributed by atoms with van der Waals surface area (Å²) >= 11 is 0. The van der Waals surface area contributed by atoms with E-state index in [0.29, 0.717) is 11.3 Å². The van der Waals surface area contributed by atoms with Crippen molar-refractivity contribution in [1.82, 2.24) is 0 Å². The predicted molar refractivity (Wildman–Crippen MR) is 177 cm³/mol. The fourth-order valence-corrected chi connectivity index (χ4v) is 6.81. The fourth-order valence-electron chi connectivity index (χ4n) is 6.81. The van der Waals surface area contributed by atoms with Gasteiger partial charge in [0.1, 0.15) is 5.82 Å². The molecule has 2 aliphatic rings. The van der Waals surface area contributed by atoms with E-state index < -0.39 is 5.82 Å². The van der Waals surface area contributed by atoms with Gasteiger partial charge in [0, 0.05) is 34.0 Å². The Bertz CT molecular complexity index is 2120. The molecule has 0 unspecified atom stereocenters. The highest BCUT2D eigenvalue weighted by atomic mass is 19.1. The second-order valence-electron chi connectivity index (χ2n) is 11.1. The normalized spacial score (nSPS) is 12.5. The molecule has 0 bridgehead atoms. The Hall–Kier alpha value is -5.60. The maximum atomic E-state index is 14.2. The number of aryl methyl sites for hydroxylation is 1. The molecule has 0 atom stereocenters. The van der Waals surface area contributed by atoms with Gasteiger partial charge in [0.2, 0.25) is 0 Å². The largest absolute Gasteiger partial charge is 0.356 e. The molecular formula is C38H25BFN3. The molecule has 1 N–H and O–H groups in total. The van der Waals surface area contributed by atoms with E-state index in [0.717, 1.165) is 39.6 Å². The molecule has 6 aromatic rings. The van der Waals surface area contributed by atoms with Crippen LogP contribution in [0.15, 0.2) is 127 Å². The van der Waals surface area contributed by atoms with Gasteiger partial charge in [-0.3, -0.25) is 0 Å². The summed E-state index contributed by atoms with van der Waals surface area (Å²) in [7, 11) is 0. The standard InChI is InChI=1S/C38H25BFN3/c1-24-11-6-7-14-28(24)30-15-10-17-32-38(30)42-34-21-25(29-20-19-26(40)23-33(29)41-2)22-36-37(34)39(32)31-16-8-9-18-35(31)43(36)27-12-4-3-5-13-27/h3-23,42H,1H3. The zero-order valence-electron chi connectivity index (χ0n) is 23.5. The van der Waals surface area contributed by atoms with Gasteiger partial charge >= 0.3 is 0 Å². The van der Waals surface area contributed by atoms with E-state index in [-0.39, 0.29) is 6.71 Å². The van der Waals surface area contributed by atoms with E-state index in [4.69, 9.17) is 6.57 Å². The first-order chi connectivity index (χ1) is 21.1. The van der Waals surface area contributed by atoms with Crippen molar-refractivity contribution in [1.29, 1.82) is 0 Å². The quantitative estimate of drug-likeness (QED) is 0.175. The van der Waals surface area contributed by atoms with Crippen molar-refractivity contribution in [3.05, 3.63) is 150 Å². The Morgan fingerprint density at radius 1 is 0.698 bits per heavy atom. The number of fused-ring (bicyclic) bond motifs is 4. The van der Waals surface area contributed by atoms with Crippen molar-refractivity contribution >= 4 is 57.2 Å². The van der Waals surface area contributed by atoms with Gasteiger partial charge < -0.3 is 10.2 Å². The van der Waals surface area contributed by atoms with E-state index in [1.807, 2.05) is 6.07 Å². The van der Waals surface area contributed by atoms with Crippen molar-refractivity contribution in [2.75, 3.05) is 10.2 Å². The molecule has 0 aromatic heterocycles. The minimum Gasteiger partial charge on any atom is -0.356 e. The molecule has 0 aliphatic carbocycles. The van der Waals surface area contributed by atoms with Crippen molar-refractivity contribution in [2.24, 2.45) is 0 Å². The average Bonchev–Trinajstić information content (AvgIpc) is 3.05. The summed E-state index contributed by atoms with van der Waals surface area (Å²) in [5, 5.41) is 3.86. The van der Waals surface area contributed by atoms with Gasteiger partial charge in [0.05, 0.1) is 6.57 Å². The number of para-hydroxylation sites is 3. The van der Waals surface area contributed by atoms with E-state index in [1.54, 1.807) is 6.07 Å². The van der Waals surface area contributed by atoms with Gasteiger partial charge in [-0.25, -0.2) is 9.24 Å². The molecule has 8 rings (SSSR count). The lowest BCUT2D eigenvalue weighted by molar-refractivity contribution is 0.629. The van der Waals surface area contributed by atoms with Crippen LogP contribution in [0.5, 0.6) is 0 Å². The van der Waals surface area contributed by atoms with Crippen LogP contribution in [0.1, 0.15) is 5.56 Å². The Morgan fingerprint density at radius 2 is 1.44 bits per heavy atom. The highest BCUT2D eigenvalue weighted by Gasteiger charge is 2.41. The SMILES string of the molecule is [C-]#[N+]c1cc(F)ccc1-c1cc2c3c(c1)N(c1ccccc1)c1ccccc1B3c1cccc(-c3ccccc3C)c1N2. The number of halogens is 1. The van der Waals surface area contributed by atoms with Gasteiger partial charge in [-0.2, -0.15) is 0 Å². The van der Waals surface area contributed by atoms with Gasteiger partial charge in [0.15, 0.2) is 5.69 Å². The first kappa shape index (κ1) is 25.1. The van der Waals surface area contributed by atoms with Crippen LogP contribution in [0.4, 0.5) is 38.5 Å². The van der Waals surface area contributed by atoms with Gasteiger partial charge in [-0.05, 0) is 88.0 Å². The zero-order chi connectivity index (χ0) is 29.1. The summed E-state index contributed by atoms with van der Waals surface area (Å²) in [6.07, 6.45) is 0. The second-order valence-corrected chi connectivity index (χ2v) is 11.1. The Labute approximate surface area is 250 Å². The third-order valence-corrected chi connectivity index (χ3v) is 8.68. The van der Waals surface area contributed by atoms with Gasteiger partial charge in [0.25, 0.3) is 6.71 Å². The molecule has 202 valence electrons. The lowest BCUT2D eigenvalue weighted by Crippen LogP contribution is -2.60. The molecule has 5 heteroatoms. The van der Waals surface area contributed by atoms with E-state index in [1.165, 1.54) is 39.6 Å². The summed E-state index contributed by atoms with van der Waals surface area (Å²) < 4.78 is 14.2. The predicted octanol–water partition coefficient (Wildman–Crippen LogP) is 8.38. The number of rotatable bonds is 3. The number of nitrogens with zero attached hydrogens (tertiary/aromatic N) is 2. The van der Waals surface area contributed by atoms with Crippen molar-refractivity contribution in [2.45, 2.75) is 6.92 Å². The van der Waals surface area contributed by atoms with Gasteiger partial charge in [-0.15, -0.1) is 0 Å². The van der Waals surface area contributed by atoms with Crippen molar-refractivity contribution < 1.29 is 4.39 Å². The van der Waals surface area contributed by atoms with Crippen LogP contribution in [-0.4, -0.2) is 6.71 Å². The van der Waals surface area contributed by atoms with Crippen LogP contribution in [0.2, 0.25) is 0 Å². The van der Waals surface area contributed by atoms with Crippen molar-refractivity contribution in [3.8, 4) is 22.3 Å². The number of hydrogen-bond donors (Lipinski definition) is 1. The molecule has 2 heterocycles. The highest BCUT2D eigenvalue weighted by molar-refractivity contribution is 7.00. The molecule has 0 saturated heterocycles. The van der Waals surface area contributed by atoms with Crippen LogP contribution >= 0.6 is 0 Å². The molecule has 0 saturated carbocycles. The maximum absolute atomic E-state index is 14.2. The second kappa shape index (κ2) is 9.75. The lowest BCUT2D eigenvalue weighted by Gasteiger charge is -2.41. The summed E-state index contributed by atoms with van der Waals surface area (Å²) in [4.78, 5) is 6.01. The molecular weight excluding hydrogens is 528 g/mol. The topological polar surface area (TPSA) is 19.6 Å². The van der Waals surface area contributed by atoms with Crippen LogP contribution in [-0.2, 0) is 0 Å². The molecule has 0 spiro atoms. The van der Waals surface area contributed by atoms with Crippen LogP contribution in [0.25, 0.3) is 27.1 Å². The summed E-state index contributed by atoms with van der Waals surface area (Å²) in [5.41, 5.74) is 14.4. The molecule has 3 nitrogen and oxygen atoms in total. The van der Waals surface area contributed by atoms with E-state index in [2.05, 4.69) is 125 Å². The van der Waals surface area contributed by atoms with Crippen molar-refractivity contribution in [3.63, 3.8) is 0 Å². The Balaban J connectivity index is 1.46. The lowest BCUT2D eigenvalue weighted by atomic mass is 9.33. The Kier molecular flexibility index (Phi) is 5.70. The molecule has 2 aliphatic heterocycles. The smallest absolute Gasteiger partial charge is 0.252 e. The summed E-state index contributed by atoms with van der Waals surface area (Å²) in [6.45, 7) is 9.96. The number of anilines is 5. The monoisotopic (exact) mass is 553 g/mol. The van der Waals surface area contributed by atoms with Crippen LogP contribution in [0.3, 0.4) is 0 Å². The summed E-state index contributed by atoms with van der Waals surface area (Å²) in [5.74, 6) is -0.413. The number of hydrogen-bond acceptors (Lipinski definition) is 2. The zero-order valence-corrected chi connectivity index (χ0v) is 23.5. The minimum atomic E-state index is -0.413. The van der Waals surface area contributed by atoms with Crippen LogP contribution in [0, 0.1) is 19.3 Å². The number of benzene rings is 6. The molecule has 0 amide bonds. The third-order valence-electron chi connectivity index (χ3n) is 8.68. The minimum absolute atomic E-state index is 0.00369. The summed E-state index contributed by atoms with van der Waals surface area (Å²) in [6, 6.07) is 42.8. The molecule has 0 radical (unpaired) electrons. The van der Waals surface area contributed by atoms with Gasteiger partial charge in [-0.1, -0.05) is 84.9 Å². The highest BCUT2D eigenvalue weighted by Crippen LogP contribution is 2.44. The maximum Gasteiger partial charge on any atom is 0.252 e.